The van der Waals surface area contributed by atoms with Gasteiger partial charge in [-0.15, -0.1) is 0 Å². The zero-order chi connectivity index (χ0) is 47.9. The summed E-state index contributed by atoms with van der Waals surface area (Å²) < 4.78 is 5.47. The molecule has 2 unspecified atom stereocenters. The van der Waals surface area contributed by atoms with Crippen LogP contribution in [-0.2, 0) is 14.3 Å². The first kappa shape index (κ1) is 64.6. The molecule has 3 N–H and O–H groups in total. The van der Waals surface area contributed by atoms with Crippen LogP contribution in [0.4, 0.5) is 0 Å². The highest BCUT2D eigenvalue weighted by atomic mass is 16.5. The Morgan fingerprint density at radius 1 is 0.409 bits per heavy atom. The molecule has 0 aromatic carbocycles. The standard InChI is InChI=1S/C60H117NO5/c1-3-5-7-9-11-13-15-17-19-21-23-25-27-29-34-38-42-46-50-54-60(65)66-55-51-47-43-39-35-31-30-33-37-41-45-49-53-59(64)61-57(56-62)58(63)52-48-44-40-36-32-28-26-24-22-20-18-16-14-12-10-8-6-4-2/h31,35,57-58,62-63H,3-30,32-34,36-56H2,1-2H3,(H,61,64)/b35-31-. The zero-order valence-corrected chi connectivity index (χ0v) is 44.7. The summed E-state index contributed by atoms with van der Waals surface area (Å²) in [5.41, 5.74) is 0. The summed E-state index contributed by atoms with van der Waals surface area (Å²) in [5.74, 6) is -0.0744. The van der Waals surface area contributed by atoms with Gasteiger partial charge in [0.2, 0.25) is 5.91 Å². The number of hydrogen-bond donors (Lipinski definition) is 3. The van der Waals surface area contributed by atoms with Gasteiger partial charge in [-0.3, -0.25) is 9.59 Å². The molecule has 0 aliphatic carbocycles. The van der Waals surface area contributed by atoms with Gasteiger partial charge in [0.05, 0.1) is 25.4 Å². The minimum absolute atomic E-state index is 0.0170. The van der Waals surface area contributed by atoms with Crippen LogP contribution in [0.5, 0.6) is 0 Å². The van der Waals surface area contributed by atoms with E-state index in [4.69, 9.17) is 4.74 Å². The van der Waals surface area contributed by atoms with E-state index in [0.29, 0.717) is 25.9 Å². The minimum atomic E-state index is -0.680. The second kappa shape index (κ2) is 56.2. The van der Waals surface area contributed by atoms with E-state index in [1.165, 1.54) is 225 Å². The van der Waals surface area contributed by atoms with E-state index in [9.17, 15) is 19.8 Å². The number of aliphatic hydroxyl groups is 2. The molecule has 0 aromatic heterocycles. The molecular weight excluding hydrogens is 815 g/mol. The monoisotopic (exact) mass is 932 g/mol. The third-order valence-electron chi connectivity index (χ3n) is 14.1. The molecule has 66 heavy (non-hydrogen) atoms. The highest BCUT2D eigenvalue weighted by molar-refractivity contribution is 5.76. The first-order valence-electron chi connectivity index (χ1n) is 29.9. The van der Waals surface area contributed by atoms with Crippen molar-refractivity contribution in [2.45, 2.75) is 347 Å². The third-order valence-corrected chi connectivity index (χ3v) is 14.1. The highest BCUT2D eigenvalue weighted by Crippen LogP contribution is 2.18. The van der Waals surface area contributed by atoms with Crippen molar-refractivity contribution in [2.24, 2.45) is 0 Å². The number of esters is 1. The molecule has 0 saturated carbocycles. The van der Waals surface area contributed by atoms with Crippen molar-refractivity contribution in [3.63, 3.8) is 0 Å². The second-order valence-corrected chi connectivity index (χ2v) is 20.7. The Balaban J connectivity index is 3.46. The average molecular weight is 933 g/mol. The molecule has 0 rings (SSSR count). The molecule has 0 radical (unpaired) electrons. The fraction of sp³-hybridized carbons (Fsp3) is 0.933. The number of nitrogens with one attached hydrogen (secondary N) is 1. The summed E-state index contributed by atoms with van der Waals surface area (Å²) in [4.78, 5) is 24.6. The maximum absolute atomic E-state index is 12.5. The summed E-state index contributed by atoms with van der Waals surface area (Å²) >= 11 is 0. The van der Waals surface area contributed by atoms with E-state index < -0.39 is 12.1 Å². The number of allylic oxidation sites excluding steroid dienone is 2. The number of rotatable bonds is 56. The molecule has 0 heterocycles. The molecule has 0 bridgehead atoms. The lowest BCUT2D eigenvalue weighted by molar-refractivity contribution is -0.143. The van der Waals surface area contributed by atoms with Gasteiger partial charge in [0.25, 0.3) is 0 Å². The normalized spacial score (nSPS) is 12.6. The summed E-state index contributed by atoms with van der Waals surface area (Å²) in [6.07, 6.45) is 66.4. The molecule has 0 aliphatic rings. The lowest BCUT2D eigenvalue weighted by Gasteiger charge is -2.22. The smallest absolute Gasteiger partial charge is 0.305 e. The van der Waals surface area contributed by atoms with Crippen LogP contribution in [0.1, 0.15) is 335 Å². The first-order chi connectivity index (χ1) is 32.5. The van der Waals surface area contributed by atoms with E-state index in [1.54, 1.807) is 0 Å². The van der Waals surface area contributed by atoms with Crippen LogP contribution in [0, 0.1) is 0 Å². The van der Waals surface area contributed by atoms with E-state index in [1.807, 2.05) is 0 Å². The van der Waals surface area contributed by atoms with Gasteiger partial charge in [-0.2, -0.15) is 0 Å². The van der Waals surface area contributed by atoms with Gasteiger partial charge >= 0.3 is 5.97 Å². The van der Waals surface area contributed by atoms with Gasteiger partial charge in [-0.05, 0) is 57.8 Å². The lowest BCUT2D eigenvalue weighted by atomic mass is 10.0. The predicted molar refractivity (Wildman–Crippen MR) is 287 cm³/mol. The van der Waals surface area contributed by atoms with Crippen molar-refractivity contribution in [2.75, 3.05) is 13.2 Å². The van der Waals surface area contributed by atoms with Gasteiger partial charge in [-0.25, -0.2) is 0 Å². The Morgan fingerprint density at radius 2 is 0.712 bits per heavy atom. The van der Waals surface area contributed by atoms with Crippen molar-refractivity contribution in [1.29, 1.82) is 0 Å². The van der Waals surface area contributed by atoms with Crippen LogP contribution in [0.2, 0.25) is 0 Å². The molecule has 6 nitrogen and oxygen atoms in total. The van der Waals surface area contributed by atoms with Gasteiger partial charge in [0.15, 0.2) is 0 Å². The SMILES string of the molecule is CCCCCCCCCCCCCCCCCCCCCC(=O)OCCCCC/C=C\CCCCCCCC(=O)NC(CO)C(O)CCCCCCCCCCCCCCCCCCCC. The lowest BCUT2D eigenvalue weighted by Crippen LogP contribution is -2.45. The molecule has 1 amide bonds. The predicted octanol–water partition coefficient (Wildman–Crippen LogP) is 18.5. The number of carbonyl (C=O) groups excluding carboxylic acids is 2. The van der Waals surface area contributed by atoms with Crippen molar-refractivity contribution in [3.05, 3.63) is 12.2 Å². The number of ether oxygens (including phenoxy) is 1. The largest absolute Gasteiger partial charge is 0.466 e. The Kier molecular flexibility index (Phi) is 55.0. The molecule has 0 fully saturated rings. The van der Waals surface area contributed by atoms with Crippen LogP contribution in [0.25, 0.3) is 0 Å². The zero-order valence-electron chi connectivity index (χ0n) is 44.7. The number of hydrogen-bond acceptors (Lipinski definition) is 5. The Hall–Kier alpha value is -1.40. The van der Waals surface area contributed by atoms with Crippen LogP contribution >= 0.6 is 0 Å². The van der Waals surface area contributed by atoms with Crippen molar-refractivity contribution in [1.82, 2.24) is 5.32 Å². The minimum Gasteiger partial charge on any atom is -0.466 e. The third kappa shape index (κ3) is 52.0. The molecule has 6 heteroatoms. The fourth-order valence-corrected chi connectivity index (χ4v) is 9.46. The maximum atomic E-state index is 12.5. The van der Waals surface area contributed by atoms with Crippen LogP contribution < -0.4 is 5.32 Å². The quantitative estimate of drug-likeness (QED) is 0.0321. The van der Waals surface area contributed by atoms with Gasteiger partial charge in [-0.1, -0.05) is 276 Å². The first-order valence-corrected chi connectivity index (χ1v) is 29.9. The van der Waals surface area contributed by atoms with Crippen molar-refractivity contribution < 1.29 is 24.5 Å². The number of amides is 1. The number of unbranched alkanes of at least 4 members (excludes halogenated alkanes) is 43. The summed E-state index contributed by atoms with van der Waals surface area (Å²) in [6.45, 7) is 4.93. The maximum Gasteiger partial charge on any atom is 0.305 e. The average Bonchev–Trinajstić information content (AvgIpc) is 3.32. The molecule has 392 valence electrons. The topological polar surface area (TPSA) is 95.9 Å². The highest BCUT2D eigenvalue weighted by Gasteiger charge is 2.20. The van der Waals surface area contributed by atoms with Crippen LogP contribution in [-0.4, -0.2) is 47.4 Å². The van der Waals surface area contributed by atoms with E-state index in [-0.39, 0.29) is 18.5 Å². The fourth-order valence-electron chi connectivity index (χ4n) is 9.46. The van der Waals surface area contributed by atoms with Crippen LogP contribution in [0.3, 0.4) is 0 Å². The second-order valence-electron chi connectivity index (χ2n) is 20.7. The Labute approximate surface area is 412 Å². The summed E-state index contributed by atoms with van der Waals surface area (Å²) in [6, 6.07) is -0.560. The van der Waals surface area contributed by atoms with Gasteiger partial charge in [0, 0.05) is 12.8 Å². The molecule has 0 spiro atoms. The van der Waals surface area contributed by atoms with E-state index in [2.05, 4.69) is 31.3 Å². The Bertz CT molecular complexity index is 986. The number of aliphatic hydroxyl groups excluding tert-OH is 2. The molecule has 0 aromatic rings. The van der Waals surface area contributed by atoms with Crippen molar-refractivity contribution in [3.8, 4) is 0 Å². The molecular formula is C60H117NO5. The van der Waals surface area contributed by atoms with Crippen LogP contribution in [0.15, 0.2) is 12.2 Å². The summed E-state index contributed by atoms with van der Waals surface area (Å²) in [7, 11) is 0. The van der Waals surface area contributed by atoms with Gasteiger partial charge < -0.3 is 20.3 Å². The van der Waals surface area contributed by atoms with E-state index >= 15 is 0 Å². The van der Waals surface area contributed by atoms with Gasteiger partial charge in [0.1, 0.15) is 0 Å². The Morgan fingerprint density at radius 3 is 1.08 bits per heavy atom. The molecule has 0 saturated heterocycles. The number of carbonyl (C=O) groups is 2. The molecule has 2 atom stereocenters. The molecule has 0 aliphatic heterocycles. The van der Waals surface area contributed by atoms with Crippen molar-refractivity contribution >= 4 is 11.9 Å². The summed E-state index contributed by atoms with van der Waals surface area (Å²) in [5, 5.41) is 23.3. The van der Waals surface area contributed by atoms with E-state index in [0.717, 1.165) is 77.0 Å².